The first-order valence-corrected chi connectivity index (χ1v) is 8.60. The lowest BCUT2D eigenvalue weighted by molar-refractivity contribution is -0.182. The summed E-state index contributed by atoms with van der Waals surface area (Å²) < 4.78 is 68.8. The zero-order valence-corrected chi connectivity index (χ0v) is 13.7. The number of halogens is 3. The Labute approximate surface area is 137 Å². The summed E-state index contributed by atoms with van der Waals surface area (Å²) in [5.41, 5.74) is 0.313. The van der Waals surface area contributed by atoms with E-state index < -0.39 is 34.8 Å². The molecule has 24 heavy (non-hydrogen) atoms. The van der Waals surface area contributed by atoms with Crippen molar-refractivity contribution >= 4 is 21.8 Å². The zero-order valence-electron chi connectivity index (χ0n) is 12.8. The van der Waals surface area contributed by atoms with E-state index in [1.807, 2.05) is 0 Å². The number of carbonyl (C=O) groups is 1. The molecule has 1 unspecified atom stereocenters. The summed E-state index contributed by atoms with van der Waals surface area (Å²) in [7, 11) is -2.83. The van der Waals surface area contributed by atoms with E-state index in [1.165, 1.54) is 31.4 Å². The van der Waals surface area contributed by atoms with Crippen molar-refractivity contribution in [3.8, 4) is 0 Å². The second kappa shape index (κ2) is 6.98. The minimum atomic E-state index is -4.41. The van der Waals surface area contributed by atoms with Gasteiger partial charge in [-0.05, 0) is 37.1 Å². The Morgan fingerprint density at radius 2 is 1.92 bits per heavy atom. The van der Waals surface area contributed by atoms with Gasteiger partial charge in [-0.15, -0.1) is 0 Å². The maximum absolute atomic E-state index is 12.8. The molecule has 0 spiro atoms. The first-order chi connectivity index (χ1) is 11.1. The minimum Gasteiger partial charge on any atom is -0.453 e. The van der Waals surface area contributed by atoms with Gasteiger partial charge in [-0.25, -0.2) is 13.2 Å². The van der Waals surface area contributed by atoms with Crippen LogP contribution in [0.5, 0.6) is 0 Å². The van der Waals surface area contributed by atoms with Gasteiger partial charge in [0.2, 0.25) is 10.0 Å². The predicted octanol–water partition coefficient (Wildman–Crippen LogP) is 2.83. The van der Waals surface area contributed by atoms with Gasteiger partial charge in [-0.2, -0.15) is 17.5 Å². The third-order valence-electron chi connectivity index (χ3n) is 3.77. The molecule has 134 valence electrons. The number of hydrogen-bond acceptors (Lipinski definition) is 4. The summed E-state index contributed by atoms with van der Waals surface area (Å²) in [6, 6.07) is 5.15. The average molecular weight is 366 g/mol. The monoisotopic (exact) mass is 366 g/mol. The Balaban J connectivity index is 2.16. The normalized spacial score (nSPS) is 19.8. The fourth-order valence-corrected chi connectivity index (χ4v) is 3.98. The van der Waals surface area contributed by atoms with Crippen LogP contribution in [0.15, 0.2) is 29.2 Å². The number of rotatable bonds is 3. The van der Waals surface area contributed by atoms with Gasteiger partial charge >= 0.3 is 12.3 Å². The van der Waals surface area contributed by atoms with Gasteiger partial charge < -0.3 is 4.74 Å². The second-order valence-corrected chi connectivity index (χ2v) is 7.32. The molecule has 0 saturated carbocycles. The summed E-state index contributed by atoms with van der Waals surface area (Å²) >= 11 is 0. The predicted molar refractivity (Wildman–Crippen MR) is 80.0 cm³/mol. The molecule has 0 radical (unpaired) electrons. The molecule has 1 atom stereocenters. The van der Waals surface area contributed by atoms with Gasteiger partial charge in [0.1, 0.15) is 0 Å². The molecule has 1 heterocycles. The van der Waals surface area contributed by atoms with E-state index >= 15 is 0 Å². The van der Waals surface area contributed by atoms with Crippen LogP contribution >= 0.6 is 0 Å². The molecular weight excluding hydrogens is 349 g/mol. The molecule has 1 aliphatic heterocycles. The number of piperidine rings is 1. The van der Waals surface area contributed by atoms with Crippen molar-refractivity contribution in [2.75, 3.05) is 25.5 Å². The SMILES string of the molecule is COC(=O)Nc1ccc(S(=O)(=O)N2CCCC(C(F)(F)F)C2)cc1. The molecule has 1 aliphatic rings. The maximum atomic E-state index is 12.8. The molecule has 2 rings (SSSR count). The van der Waals surface area contributed by atoms with Crippen molar-refractivity contribution in [1.29, 1.82) is 0 Å². The summed E-state index contributed by atoms with van der Waals surface area (Å²) in [5, 5.41) is 2.36. The van der Waals surface area contributed by atoms with E-state index in [1.54, 1.807) is 0 Å². The number of amides is 1. The van der Waals surface area contributed by atoms with Crippen molar-refractivity contribution in [2.24, 2.45) is 5.92 Å². The lowest BCUT2D eigenvalue weighted by Crippen LogP contribution is -2.44. The molecular formula is C14H17F3N2O4S. The molecule has 0 bridgehead atoms. The zero-order chi connectivity index (χ0) is 18.0. The van der Waals surface area contributed by atoms with E-state index in [2.05, 4.69) is 10.1 Å². The molecule has 1 aromatic rings. The highest BCUT2D eigenvalue weighted by Crippen LogP contribution is 2.35. The Morgan fingerprint density at radius 3 is 2.46 bits per heavy atom. The number of sulfonamides is 1. The average Bonchev–Trinajstić information content (AvgIpc) is 2.54. The number of methoxy groups -OCH3 is 1. The number of nitrogens with one attached hydrogen (secondary N) is 1. The number of benzene rings is 1. The van der Waals surface area contributed by atoms with E-state index in [4.69, 9.17) is 0 Å². The van der Waals surface area contributed by atoms with Gasteiger partial charge in [0, 0.05) is 18.8 Å². The van der Waals surface area contributed by atoms with Gasteiger partial charge in [-0.3, -0.25) is 5.32 Å². The van der Waals surface area contributed by atoms with Crippen molar-refractivity contribution in [1.82, 2.24) is 4.31 Å². The molecule has 1 N–H and O–H groups in total. The van der Waals surface area contributed by atoms with Crippen molar-refractivity contribution in [3.63, 3.8) is 0 Å². The number of anilines is 1. The van der Waals surface area contributed by atoms with Crippen molar-refractivity contribution in [2.45, 2.75) is 23.9 Å². The van der Waals surface area contributed by atoms with Crippen LogP contribution in [0, 0.1) is 5.92 Å². The maximum Gasteiger partial charge on any atom is 0.411 e. The van der Waals surface area contributed by atoms with E-state index in [0.29, 0.717) is 5.69 Å². The van der Waals surface area contributed by atoms with Crippen LogP contribution in [0.25, 0.3) is 0 Å². The fraction of sp³-hybridized carbons (Fsp3) is 0.500. The van der Waals surface area contributed by atoms with Gasteiger partial charge in [0.25, 0.3) is 0 Å². The molecule has 0 aromatic heterocycles. The van der Waals surface area contributed by atoms with Gasteiger partial charge in [-0.1, -0.05) is 0 Å². The largest absolute Gasteiger partial charge is 0.453 e. The highest BCUT2D eigenvalue weighted by molar-refractivity contribution is 7.89. The van der Waals surface area contributed by atoms with Gasteiger partial charge in [0.15, 0.2) is 0 Å². The van der Waals surface area contributed by atoms with Crippen LogP contribution < -0.4 is 5.32 Å². The standard InChI is InChI=1S/C14H17F3N2O4S/c1-23-13(20)18-11-4-6-12(7-5-11)24(21,22)19-8-2-3-10(9-19)14(15,16)17/h4-7,10H,2-3,8-9H2,1H3,(H,18,20). The quantitative estimate of drug-likeness (QED) is 0.893. The number of nitrogens with zero attached hydrogens (tertiary/aromatic N) is 1. The van der Waals surface area contributed by atoms with Crippen LogP contribution in [0.3, 0.4) is 0 Å². The van der Waals surface area contributed by atoms with Crippen molar-refractivity contribution in [3.05, 3.63) is 24.3 Å². The molecule has 1 saturated heterocycles. The number of hydrogen-bond donors (Lipinski definition) is 1. The van der Waals surface area contributed by atoms with Crippen LogP contribution in [-0.2, 0) is 14.8 Å². The highest BCUT2D eigenvalue weighted by atomic mass is 32.2. The summed E-state index contributed by atoms with van der Waals surface area (Å²) in [5.74, 6) is -1.65. The topological polar surface area (TPSA) is 75.7 Å². The van der Waals surface area contributed by atoms with Crippen LogP contribution in [0.2, 0.25) is 0 Å². The van der Waals surface area contributed by atoms with Crippen LogP contribution in [0.1, 0.15) is 12.8 Å². The first kappa shape index (κ1) is 18.5. The molecule has 0 aliphatic carbocycles. The van der Waals surface area contributed by atoms with E-state index in [-0.39, 0.29) is 24.3 Å². The Kier molecular flexibility index (Phi) is 5.38. The molecule has 1 aromatic carbocycles. The molecule has 10 heteroatoms. The molecule has 1 amide bonds. The van der Waals surface area contributed by atoms with Gasteiger partial charge in [0.05, 0.1) is 17.9 Å². The van der Waals surface area contributed by atoms with Crippen LogP contribution in [-0.4, -0.2) is 45.2 Å². The van der Waals surface area contributed by atoms with Crippen molar-refractivity contribution < 1.29 is 31.1 Å². The summed E-state index contributed by atoms with van der Waals surface area (Å²) in [4.78, 5) is 10.9. The highest BCUT2D eigenvalue weighted by Gasteiger charge is 2.44. The van der Waals surface area contributed by atoms with E-state index in [9.17, 15) is 26.4 Å². The smallest absolute Gasteiger partial charge is 0.411 e. The Bertz CT molecular complexity index is 689. The third kappa shape index (κ3) is 4.18. The first-order valence-electron chi connectivity index (χ1n) is 7.16. The Morgan fingerprint density at radius 1 is 1.29 bits per heavy atom. The molecule has 1 fully saturated rings. The minimum absolute atomic E-state index is 0.0527. The van der Waals surface area contributed by atoms with E-state index in [0.717, 1.165) is 4.31 Å². The number of ether oxygens (including phenoxy) is 1. The fourth-order valence-electron chi connectivity index (χ4n) is 2.46. The Hall–Kier alpha value is -1.81. The third-order valence-corrected chi connectivity index (χ3v) is 5.65. The lowest BCUT2D eigenvalue weighted by Gasteiger charge is -2.32. The number of carbonyl (C=O) groups excluding carboxylic acids is 1. The second-order valence-electron chi connectivity index (χ2n) is 5.38. The lowest BCUT2D eigenvalue weighted by atomic mass is 9.99. The van der Waals surface area contributed by atoms with Crippen LogP contribution in [0.4, 0.5) is 23.7 Å². The molecule has 6 nitrogen and oxygen atoms in total. The summed E-state index contributed by atoms with van der Waals surface area (Å²) in [6.45, 7) is -0.523. The number of alkyl halides is 3. The summed E-state index contributed by atoms with van der Waals surface area (Å²) in [6.07, 6.45) is -5.04.